The highest BCUT2D eigenvalue weighted by Gasteiger charge is 2.31. The van der Waals surface area contributed by atoms with Gasteiger partial charge in [-0.15, -0.1) is 0 Å². The fraction of sp³-hybridized carbons (Fsp3) is 0.846. The molecule has 0 bridgehead atoms. The zero-order valence-corrected chi connectivity index (χ0v) is 12.1. The Morgan fingerprint density at radius 3 is 2.68 bits per heavy atom. The summed E-state index contributed by atoms with van der Waals surface area (Å²) < 4.78 is 5.46. The van der Waals surface area contributed by atoms with E-state index in [9.17, 15) is 14.7 Å². The Hall–Kier alpha value is -0.980. The standard InChI is InChI=1S/C13H24N2O4/c1-13(2,3)19-8-9(16)7-14-10-5-6-11(17)15(4)12(10)18/h9-10,14,16H,5-8H2,1-4H3. The lowest BCUT2D eigenvalue weighted by Gasteiger charge is -2.29. The Morgan fingerprint density at radius 2 is 2.11 bits per heavy atom. The Balaban J connectivity index is 2.32. The highest BCUT2D eigenvalue weighted by molar-refractivity contribution is 6.00. The number of rotatable bonds is 5. The summed E-state index contributed by atoms with van der Waals surface area (Å²) in [5, 5.41) is 12.8. The Labute approximate surface area is 114 Å². The first-order valence-corrected chi connectivity index (χ1v) is 6.56. The van der Waals surface area contributed by atoms with Crippen LogP contribution in [-0.2, 0) is 14.3 Å². The van der Waals surface area contributed by atoms with E-state index in [1.807, 2.05) is 20.8 Å². The molecule has 0 saturated carbocycles. The van der Waals surface area contributed by atoms with Crippen LogP contribution in [0.2, 0.25) is 0 Å². The third kappa shape index (κ3) is 5.26. The summed E-state index contributed by atoms with van der Waals surface area (Å²) in [4.78, 5) is 24.2. The molecule has 0 aromatic carbocycles. The van der Waals surface area contributed by atoms with E-state index < -0.39 is 12.1 Å². The van der Waals surface area contributed by atoms with Gasteiger partial charge in [0.05, 0.1) is 24.4 Å². The van der Waals surface area contributed by atoms with Crippen molar-refractivity contribution in [2.24, 2.45) is 0 Å². The Kier molecular flexibility index (Phi) is 5.46. The minimum atomic E-state index is -0.671. The molecule has 110 valence electrons. The molecular weight excluding hydrogens is 248 g/mol. The minimum Gasteiger partial charge on any atom is -0.389 e. The number of ether oxygens (including phenoxy) is 1. The van der Waals surface area contributed by atoms with E-state index in [-0.39, 0.29) is 30.6 Å². The summed E-state index contributed by atoms with van der Waals surface area (Å²) in [5.41, 5.74) is -0.297. The van der Waals surface area contributed by atoms with Crippen LogP contribution in [0.4, 0.5) is 0 Å². The third-order valence-corrected chi connectivity index (χ3v) is 2.96. The molecule has 6 nitrogen and oxygen atoms in total. The molecule has 1 aliphatic rings. The monoisotopic (exact) mass is 272 g/mol. The molecule has 2 atom stereocenters. The largest absolute Gasteiger partial charge is 0.389 e. The number of piperidine rings is 1. The Bertz CT molecular complexity index is 338. The quantitative estimate of drug-likeness (QED) is 0.683. The van der Waals surface area contributed by atoms with Crippen molar-refractivity contribution in [3.8, 4) is 0 Å². The van der Waals surface area contributed by atoms with Gasteiger partial charge in [0.25, 0.3) is 0 Å². The number of aliphatic hydroxyl groups excluding tert-OH is 1. The summed E-state index contributed by atoms with van der Waals surface area (Å²) >= 11 is 0. The first kappa shape index (κ1) is 16.1. The van der Waals surface area contributed by atoms with Crippen molar-refractivity contribution in [1.29, 1.82) is 0 Å². The normalized spacial score (nSPS) is 22.8. The van der Waals surface area contributed by atoms with Crippen LogP contribution < -0.4 is 5.32 Å². The number of nitrogens with zero attached hydrogens (tertiary/aromatic N) is 1. The molecule has 2 unspecified atom stereocenters. The number of carbonyl (C=O) groups is 2. The number of nitrogens with one attached hydrogen (secondary N) is 1. The summed E-state index contributed by atoms with van der Waals surface area (Å²) in [6.07, 6.45) is 0.165. The molecule has 2 amide bonds. The summed E-state index contributed by atoms with van der Waals surface area (Å²) in [6.45, 7) is 6.23. The number of hydrogen-bond acceptors (Lipinski definition) is 5. The van der Waals surface area contributed by atoms with Crippen LogP contribution in [-0.4, -0.2) is 59.8 Å². The molecule has 1 fully saturated rings. The van der Waals surface area contributed by atoms with E-state index in [2.05, 4.69) is 5.32 Å². The molecule has 0 spiro atoms. The summed E-state index contributed by atoms with van der Waals surface area (Å²) in [7, 11) is 1.48. The fourth-order valence-corrected chi connectivity index (χ4v) is 1.79. The molecule has 0 radical (unpaired) electrons. The van der Waals surface area contributed by atoms with Crippen molar-refractivity contribution in [3.05, 3.63) is 0 Å². The zero-order valence-electron chi connectivity index (χ0n) is 12.1. The second-order valence-electron chi connectivity index (χ2n) is 5.87. The van der Waals surface area contributed by atoms with E-state index in [1.165, 1.54) is 7.05 Å². The van der Waals surface area contributed by atoms with Gasteiger partial charge in [-0.2, -0.15) is 0 Å². The maximum atomic E-state index is 11.8. The van der Waals surface area contributed by atoms with E-state index in [4.69, 9.17) is 4.74 Å². The molecular formula is C13H24N2O4. The van der Waals surface area contributed by atoms with Crippen molar-refractivity contribution < 1.29 is 19.4 Å². The molecule has 1 rings (SSSR count). The molecule has 0 aliphatic carbocycles. The zero-order chi connectivity index (χ0) is 14.6. The van der Waals surface area contributed by atoms with Gasteiger partial charge < -0.3 is 15.2 Å². The predicted octanol–water partition coefficient (Wildman–Crippen LogP) is -0.101. The molecule has 1 aliphatic heterocycles. The van der Waals surface area contributed by atoms with Gasteiger partial charge >= 0.3 is 0 Å². The first-order valence-electron chi connectivity index (χ1n) is 6.56. The molecule has 19 heavy (non-hydrogen) atoms. The van der Waals surface area contributed by atoms with Crippen LogP contribution >= 0.6 is 0 Å². The van der Waals surface area contributed by atoms with Gasteiger partial charge in [-0.3, -0.25) is 14.5 Å². The molecule has 1 heterocycles. The van der Waals surface area contributed by atoms with E-state index in [1.54, 1.807) is 0 Å². The van der Waals surface area contributed by atoms with Crippen molar-refractivity contribution in [2.45, 2.75) is 51.4 Å². The van der Waals surface area contributed by atoms with E-state index in [0.29, 0.717) is 12.8 Å². The third-order valence-electron chi connectivity index (χ3n) is 2.96. The van der Waals surface area contributed by atoms with Crippen molar-refractivity contribution in [3.63, 3.8) is 0 Å². The first-order chi connectivity index (χ1) is 8.70. The van der Waals surface area contributed by atoms with Gasteiger partial charge in [0, 0.05) is 20.0 Å². The van der Waals surface area contributed by atoms with Crippen molar-refractivity contribution in [1.82, 2.24) is 10.2 Å². The van der Waals surface area contributed by atoms with Gasteiger partial charge in [0.2, 0.25) is 11.8 Å². The number of imide groups is 1. The van der Waals surface area contributed by atoms with Crippen LogP contribution in [0.5, 0.6) is 0 Å². The second-order valence-corrected chi connectivity index (χ2v) is 5.87. The van der Waals surface area contributed by atoms with Gasteiger partial charge in [-0.05, 0) is 27.2 Å². The average Bonchev–Trinajstić information content (AvgIpc) is 2.32. The second kappa shape index (κ2) is 6.45. The topological polar surface area (TPSA) is 78.9 Å². The van der Waals surface area contributed by atoms with E-state index in [0.717, 1.165) is 4.90 Å². The summed E-state index contributed by atoms with van der Waals surface area (Å²) in [6, 6.07) is -0.396. The lowest BCUT2D eigenvalue weighted by atomic mass is 10.0. The number of aliphatic hydroxyl groups is 1. The van der Waals surface area contributed by atoms with Crippen LogP contribution in [0.15, 0.2) is 0 Å². The number of likely N-dealkylation sites (tertiary alicyclic amines) is 1. The maximum absolute atomic E-state index is 11.8. The summed E-state index contributed by atoms with van der Waals surface area (Å²) in [5.74, 6) is -0.389. The van der Waals surface area contributed by atoms with Gasteiger partial charge in [-0.25, -0.2) is 0 Å². The highest BCUT2D eigenvalue weighted by atomic mass is 16.5. The van der Waals surface area contributed by atoms with Crippen LogP contribution in [0.25, 0.3) is 0 Å². The van der Waals surface area contributed by atoms with E-state index >= 15 is 0 Å². The Morgan fingerprint density at radius 1 is 1.47 bits per heavy atom. The SMILES string of the molecule is CN1C(=O)CCC(NCC(O)COC(C)(C)C)C1=O. The molecule has 0 aromatic heterocycles. The highest BCUT2D eigenvalue weighted by Crippen LogP contribution is 2.11. The average molecular weight is 272 g/mol. The number of likely N-dealkylation sites (N-methyl/N-ethyl adjacent to an activating group) is 1. The minimum absolute atomic E-state index is 0.153. The lowest BCUT2D eigenvalue weighted by molar-refractivity contribution is -0.148. The molecule has 1 saturated heterocycles. The number of carbonyl (C=O) groups excluding carboxylic acids is 2. The predicted molar refractivity (Wildman–Crippen MR) is 70.5 cm³/mol. The smallest absolute Gasteiger partial charge is 0.246 e. The maximum Gasteiger partial charge on any atom is 0.246 e. The van der Waals surface area contributed by atoms with Crippen LogP contribution in [0, 0.1) is 0 Å². The molecule has 6 heteroatoms. The molecule has 2 N–H and O–H groups in total. The van der Waals surface area contributed by atoms with Crippen LogP contribution in [0.3, 0.4) is 0 Å². The number of amides is 2. The van der Waals surface area contributed by atoms with Gasteiger partial charge in [0.1, 0.15) is 0 Å². The van der Waals surface area contributed by atoms with Crippen LogP contribution in [0.1, 0.15) is 33.6 Å². The lowest BCUT2D eigenvalue weighted by Crippen LogP contribution is -2.53. The number of hydrogen-bond donors (Lipinski definition) is 2. The van der Waals surface area contributed by atoms with Crippen molar-refractivity contribution in [2.75, 3.05) is 20.2 Å². The van der Waals surface area contributed by atoms with Crippen molar-refractivity contribution >= 4 is 11.8 Å². The molecule has 0 aromatic rings. The van der Waals surface area contributed by atoms with Gasteiger partial charge in [0.15, 0.2) is 0 Å². The fourth-order valence-electron chi connectivity index (χ4n) is 1.79. The van der Waals surface area contributed by atoms with Gasteiger partial charge in [-0.1, -0.05) is 0 Å².